The molecular weight excluding hydrogens is 272 g/mol. The molecule has 7 nitrogen and oxygen atoms in total. The quantitative estimate of drug-likeness (QED) is 0.471. The minimum atomic E-state index is -1.21. The van der Waals surface area contributed by atoms with Gasteiger partial charge in [-0.05, 0) is 20.3 Å². The third-order valence-corrected chi connectivity index (χ3v) is 3.21. The Kier molecular flexibility index (Phi) is 7.66. The Hall–Kier alpha value is -1.70. The van der Waals surface area contributed by atoms with E-state index in [0.717, 1.165) is 0 Å². The van der Waals surface area contributed by atoms with Crippen molar-refractivity contribution in [2.75, 3.05) is 18.6 Å². The summed E-state index contributed by atoms with van der Waals surface area (Å²) in [7, 11) is -0.921. The molecule has 0 fully saturated rings. The highest BCUT2D eigenvalue weighted by Crippen LogP contribution is 2.03. The topological polar surface area (TPSA) is 113 Å². The van der Waals surface area contributed by atoms with Crippen molar-refractivity contribution in [3.05, 3.63) is 11.1 Å². The van der Waals surface area contributed by atoms with E-state index in [9.17, 15) is 18.6 Å². The van der Waals surface area contributed by atoms with Crippen LogP contribution in [0.3, 0.4) is 0 Å². The molecule has 0 aromatic carbocycles. The molecule has 0 radical (unpaired) electrons. The number of carboxylic acids is 1. The molecular formula is C11H18N2O5S. The second kappa shape index (κ2) is 8.41. The maximum Gasteiger partial charge on any atom is 0.331 e. The first-order chi connectivity index (χ1) is 8.75. The molecule has 0 aliphatic carbocycles. The van der Waals surface area contributed by atoms with E-state index in [4.69, 9.17) is 5.11 Å². The number of imide groups is 1. The smallest absolute Gasteiger partial charge is 0.331 e. The van der Waals surface area contributed by atoms with Crippen LogP contribution in [0.1, 0.15) is 20.3 Å². The molecule has 19 heavy (non-hydrogen) atoms. The molecule has 0 aromatic heterocycles. The van der Waals surface area contributed by atoms with Gasteiger partial charge in [-0.1, -0.05) is 0 Å². The fourth-order valence-electron chi connectivity index (χ4n) is 1.05. The summed E-state index contributed by atoms with van der Waals surface area (Å²) in [5.41, 5.74) is -0.149. The third kappa shape index (κ3) is 7.35. The molecule has 3 amide bonds. The molecule has 0 bridgehead atoms. The molecule has 0 aliphatic heterocycles. The maximum absolute atomic E-state index is 11.5. The van der Waals surface area contributed by atoms with Crippen LogP contribution >= 0.6 is 0 Å². The average molecular weight is 290 g/mol. The first-order valence-electron chi connectivity index (χ1n) is 5.55. The number of rotatable bonds is 6. The predicted molar refractivity (Wildman–Crippen MR) is 71.1 cm³/mol. The minimum Gasteiger partial charge on any atom is -0.478 e. The number of amides is 3. The van der Waals surface area contributed by atoms with Gasteiger partial charge in [-0.25, -0.2) is 9.59 Å². The van der Waals surface area contributed by atoms with Gasteiger partial charge in [-0.2, -0.15) is 0 Å². The van der Waals surface area contributed by atoms with Crippen LogP contribution in [0.4, 0.5) is 4.79 Å². The number of hydrogen-bond donors (Lipinski definition) is 3. The molecule has 0 rings (SSSR count). The van der Waals surface area contributed by atoms with Gasteiger partial charge < -0.3 is 10.4 Å². The van der Waals surface area contributed by atoms with Crippen LogP contribution in [-0.2, 0) is 20.4 Å². The molecule has 1 atom stereocenters. The van der Waals surface area contributed by atoms with E-state index in [-0.39, 0.29) is 11.1 Å². The Labute approximate surface area is 113 Å². The lowest BCUT2D eigenvalue weighted by molar-refractivity contribution is -0.133. The van der Waals surface area contributed by atoms with Gasteiger partial charge in [0, 0.05) is 40.5 Å². The summed E-state index contributed by atoms with van der Waals surface area (Å²) in [4.78, 5) is 33.4. The summed E-state index contributed by atoms with van der Waals surface area (Å²) in [6, 6.07) is -0.704. The standard InChI is InChI=1S/C11H18N2O5S/c1-7(8(2)10(15)16)9(14)13-11(17)12-5-4-6-19(3)18/h4-6H2,1-3H3,(H,15,16)(H2,12,13,14,17). The SMILES string of the molecule is CC(C(=O)O)=C(C)C(=O)NC(=O)NCCCS(C)=O. The molecule has 8 heteroatoms. The van der Waals surface area contributed by atoms with Gasteiger partial charge in [0.1, 0.15) is 0 Å². The summed E-state index contributed by atoms with van der Waals surface area (Å²) in [6.45, 7) is 2.90. The van der Waals surface area contributed by atoms with E-state index in [1.54, 1.807) is 6.26 Å². The van der Waals surface area contributed by atoms with Gasteiger partial charge in [0.15, 0.2) is 0 Å². The molecule has 0 aromatic rings. The van der Waals surface area contributed by atoms with Crippen molar-refractivity contribution in [3.8, 4) is 0 Å². The molecule has 0 spiro atoms. The van der Waals surface area contributed by atoms with Crippen molar-refractivity contribution in [2.24, 2.45) is 0 Å². The Bertz CT molecular complexity index is 431. The average Bonchev–Trinajstić information content (AvgIpc) is 2.32. The van der Waals surface area contributed by atoms with Crippen molar-refractivity contribution < 1.29 is 23.7 Å². The van der Waals surface area contributed by atoms with E-state index in [1.807, 2.05) is 5.32 Å². The van der Waals surface area contributed by atoms with E-state index >= 15 is 0 Å². The summed E-state index contributed by atoms with van der Waals surface area (Å²) in [6.07, 6.45) is 2.10. The second-order valence-electron chi connectivity index (χ2n) is 3.90. The van der Waals surface area contributed by atoms with Crippen molar-refractivity contribution in [2.45, 2.75) is 20.3 Å². The normalized spacial score (nSPS) is 13.2. The molecule has 108 valence electrons. The van der Waals surface area contributed by atoms with E-state index in [2.05, 4.69) is 5.32 Å². The van der Waals surface area contributed by atoms with Gasteiger partial charge in [0.05, 0.1) is 0 Å². The highest BCUT2D eigenvalue weighted by molar-refractivity contribution is 7.84. The number of hydrogen-bond acceptors (Lipinski definition) is 4. The Morgan fingerprint density at radius 1 is 1.16 bits per heavy atom. The van der Waals surface area contributed by atoms with Crippen molar-refractivity contribution in [1.82, 2.24) is 10.6 Å². The molecule has 0 saturated carbocycles. The summed E-state index contributed by atoms with van der Waals surface area (Å²) < 4.78 is 10.8. The molecule has 0 saturated heterocycles. The lowest BCUT2D eigenvalue weighted by Crippen LogP contribution is -2.40. The van der Waals surface area contributed by atoms with Crippen molar-refractivity contribution >= 4 is 28.7 Å². The summed E-state index contributed by atoms with van der Waals surface area (Å²) in [5, 5.41) is 13.1. The predicted octanol–water partition coefficient (Wildman–Crippen LogP) is 0.00180. The second-order valence-corrected chi connectivity index (χ2v) is 5.45. The summed E-state index contributed by atoms with van der Waals surface area (Å²) >= 11 is 0. The van der Waals surface area contributed by atoms with E-state index in [1.165, 1.54) is 13.8 Å². The zero-order chi connectivity index (χ0) is 15.0. The van der Waals surface area contributed by atoms with Crippen LogP contribution in [-0.4, -0.2) is 45.8 Å². The number of carbonyl (C=O) groups excluding carboxylic acids is 2. The Balaban J connectivity index is 4.20. The fourth-order valence-corrected chi connectivity index (χ4v) is 1.60. The van der Waals surface area contributed by atoms with Gasteiger partial charge in [0.2, 0.25) is 0 Å². The molecule has 1 unspecified atom stereocenters. The minimum absolute atomic E-state index is 0.0303. The van der Waals surface area contributed by atoms with Gasteiger partial charge in [-0.3, -0.25) is 14.3 Å². The molecule has 3 N–H and O–H groups in total. The van der Waals surface area contributed by atoms with Crippen LogP contribution in [0.5, 0.6) is 0 Å². The van der Waals surface area contributed by atoms with Crippen LogP contribution in [0.2, 0.25) is 0 Å². The largest absolute Gasteiger partial charge is 0.478 e. The lowest BCUT2D eigenvalue weighted by atomic mass is 10.1. The molecule has 0 aliphatic rings. The van der Waals surface area contributed by atoms with Crippen molar-refractivity contribution in [1.29, 1.82) is 0 Å². The fraction of sp³-hybridized carbons (Fsp3) is 0.545. The van der Waals surface area contributed by atoms with Gasteiger partial charge >= 0.3 is 12.0 Å². The van der Waals surface area contributed by atoms with E-state index in [0.29, 0.717) is 18.7 Å². The zero-order valence-corrected chi connectivity index (χ0v) is 11.9. The Morgan fingerprint density at radius 3 is 2.21 bits per heavy atom. The van der Waals surface area contributed by atoms with Crippen LogP contribution in [0.25, 0.3) is 0 Å². The summed E-state index contributed by atoms with van der Waals surface area (Å²) in [5.74, 6) is -1.50. The van der Waals surface area contributed by atoms with Crippen molar-refractivity contribution in [3.63, 3.8) is 0 Å². The first kappa shape index (κ1) is 17.3. The third-order valence-electron chi connectivity index (χ3n) is 2.35. The first-order valence-corrected chi connectivity index (χ1v) is 7.28. The number of nitrogens with one attached hydrogen (secondary N) is 2. The maximum atomic E-state index is 11.5. The lowest BCUT2D eigenvalue weighted by Gasteiger charge is -2.07. The zero-order valence-electron chi connectivity index (χ0n) is 11.1. The van der Waals surface area contributed by atoms with Crippen LogP contribution < -0.4 is 10.6 Å². The number of aliphatic carboxylic acids is 1. The highest BCUT2D eigenvalue weighted by Gasteiger charge is 2.14. The number of urea groups is 1. The molecule has 0 heterocycles. The number of carboxylic acid groups (broad SMARTS) is 1. The Morgan fingerprint density at radius 2 is 1.74 bits per heavy atom. The highest BCUT2D eigenvalue weighted by atomic mass is 32.2. The van der Waals surface area contributed by atoms with Gasteiger partial charge in [0.25, 0.3) is 5.91 Å². The van der Waals surface area contributed by atoms with Gasteiger partial charge in [-0.15, -0.1) is 0 Å². The monoisotopic (exact) mass is 290 g/mol. The van der Waals surface area contributed by atoms with Crippen LogP contribution in [0.15, 0.2) is 11.1 Å². The van der Waals surface area contributed by atoms with E-state index < -0.39 is 28.7 Å². The number of carbonyl (C=O) groups is 3. The van der Waals surface area contributed by atoms with Crippen LogP contribution in [0, 0.1) is 0 Å².